The number of Topliss-reactive ketones (excluding diaryl/α,β-unsaturated/α-hetero) is 1. The van der Waals surface area contributed by atoms with Crippen LogP contribution < -0.4 is 0 Å². The summed E-state index contributed by atoms with van der Waals surface area (Å²) in [7, 11) is 1.95. The fraction of sp³-hybridized carbons (Fsp3) is 0.529. The number of hydrogen-bond acceptors (Lipinski definition) is 4. The Labute approximate surface area is 125 Å². The molecule has 4 atom stereocenters. The first-order valence-electron chi connectivity index (χ1n) is 7.60. The molecule has 2 heterocycles. The molecule has 2 fully saturated rings. The van der Waals surface area contributed by atoms with Gasteiger partial charge in [-0.05, 0) is 32.4 Å². The zero-order chi connectivity index (χ0) is 15.0. The van der Waals surface area contributed by atoms with Crippen molar-refractivity contribution < 1.29 is 14.3 Å². The van der Waals surface area contributed by atoms with Crippen LogP contribution in [0.2, 0.25) is 0 Å². The van der Waals surface area contributed by atoms with Gasteiger partial charge in [0.25, 0.3) is 0 Å². The predicted octanol–water partition coefficient (Wildman–Crippen LogP) is 2.00. The number of esters is 1. The molecule has 0 aliphatic carbocycles. The van der Waals surface area contributed by atoms with Crippen LogP contribution in [0.25, 0.3) is 0 Å². The summed E-state index contributed by atoms with van der Waals surface area (Å²) >= 11 is 0. The first-order chi connectivity index (χ1) is 10.1. The fourth-order valence-electron chi connectivity index (χ4n) is 3.82. The molecule has 1 aromatic rings. The van der Waals surface area contributed by atoms with Gasteiger partial charge in [0.1, 0.15) is 0 Å². The van der Waals surface area contributed by atoms with Gasteiger partial charge >= 0.3 is 5.97 Å². The van der Waals surface area contributed by atoms with E-state index in [2.05, 4.69) is 4.90 Å². The molecule has 2 aliphatic rings. The Morgan fingerprint density at radius 1 is 1.29 bits per heavy atom. The molecule has 4 heteroatoms. The molecule has 0 N–H and O–H groups in total. The summed E-state index contributed by atoms with van der Waals surface area (Å²) in [6, 6.07) is 9.86. The van der Waals surface area contributed by atoms with Gasteiger partial charge in [-0.3, -0.25) is 14.5 Å². The van der Waals surface area contributed by atoms with Gasteiger partial charge in [0.05, 0.1) is 18.6 Å². The summed E-state index contributed by atoms with van der Waals surface area (Å²) in [5.74, 6) is -0.451. The highest BCUT2D eigenvalue weighted by Crippen LogP contribution is 2.43. The zero-order valence-corrected chi connectivity index (χ0v) is 12.5. The highest BCUT2D eigenvalue weighted by Gasteiger charge is 2.53. The lowest BCUT2D eigenvalue weighted by molar-refractivity contribution is -0.151. The maximum absolute atomic E-state index is 12.9. The summed E-state index contributed by atoms with van der Waals surface area (Å²) in [6.07, 6.45) is 1.53. The van der Waals surface area contributed by atoms with Gasteiger partial charge < -0.3 is 4.74 Å². The third kappa shape index (κ3) is 2.38. The van der Waals surface area contributed by atoms with Gasteiger partial charge in [-0.15, -0.1) is 0 Å². The van der Waals surface area contributed by atoms with E-state index in [9.17, 15) is 9.59 Å². The molecule has 0 amide bonds. The molecule has 1 unspecified atom stereocenters. The summed E-state index contributed by atoms with van der Waals surface area (Å²) in [4.78, 5) is 27.1. The normalized spacial score (nSPS) is 32.2. The Morgan fingerprint density at radius 2 is 2.00 bits per heavy atom. The summed E-state index contributed by atoms with van der Waals surface area (Å²) in [6.45, 7) is 2.17. The van der Waals surface area contributed by atoms with Crippen LogP contribution in [-0.4, -0.2) is 42.4 Å². The Balaban J connectivity index is 1.87. The molecule has 0 radical (unpaired) electrons. The number of rotatable bonds is 3. The summed E-state index contributed by atoms with van der Waals surface area (Å²) in [5, 5.41) is 0. The smallest absolute Gasteiger partial charge is 0.311 e. The van der Waals surface area contributed by atoms with Crippen LogP contribution in [-0.2, 0) is 14.3 Å². The topological polar surface area (TPSA) is 46.6 Å². The van der Waals surface area contributed by atoms with Gasteiger partial charge in [0, 0.05) is 12.0 Å². The van der Waals surface area contributed by atoms with Crippen LogP contribution >= 0.6 is 0 Å². The highest BCUT2D eigenvalue weighted by atomic mass is 16.5. The lowest BCUT2D eigenvalue weighted by Gasteiger charge is -2.35. The van der Waals surface area contributed by atoms with E-state index in [1.807, 2.05) is 37.4 Å². The number of carbonyl (C=O) groups excluding carboxylic acids is 2. The second-order valence-electron chi connectivity index (χ2n) is 5.96. The van der Waals surface area contributed by atoms with Crippen molar-refractivity contribution in [1.82, 2.24) is 4.90 Å². The van der Waals surface area contributed by atoms with Crippen LogP contribution in [0.1, 0.15) is 31.2 Å². The van der Waals surface area contributed by atoms with Crippen molar-refractivity contribution in [3.8, 4) is 0 Å². The molecular weight excluding hydrogens is 266 g/mol. The number of carbonyl (C=O) groups is 2. The molecule has 3 rings (SSSR count). The monoisotopic (exact) mass is 287 g/mol. The quantitative estimate of drug-likeness (QED) is 0.798. The number of hydrogen-bond donors (Lipinski definition) is 0. The SMILES string of the molecule is CCOC(=O)[C@H]1C[C@H]2CC(c3ccccc3)C(=O)[C@@H]1N2C. The average molecular weight is 287 g/mol. The van der Waals surface area contributed by atoms with E-state index >= 15 is 0 Å². The Hall–Kier alpha value is -1.68. The Kier molecular flexibility index (Phi) is 3.81. The first-order valence-corrected chi connectivity index (χ1v) is 7.60. The van der Waals surface area contributed by atoms with E-state index in [0.717, 1.165) is 18.4 Å². The molecule has 0 saturated carbocycles. The third-order valence-electron chi connectivity index (χ3n) is 4.86. The predicted molar refractivity (Wildman–Crippen MR) is 78.9 cm³/mol. The minimum Gasteiger partial charge on any atom is -0.466 e. The van der Waals surface area contributed by atoms with Gasteiger partial charge in [0.15, 0.2) is 5.78 Å². The third-order valence-corrected chi connectivity index (χ3v) is 4.86. The molecule has 0 aromatic heterocycles. The highest BCUT2D eigenvalue weighted by molar-refractivity contribution is 5.96. The maximum atomic E-state index is 12.9. The largest absolute Gasteiger partial charge is 0.466 e. The summed E-state index contributed by atoms with van der Waals surface area (Å²) < 4.78 is 5.15. The second kappa shape index (κ2) is 5.60. The average Bonchev–Trinajstić information content (AvgIpc) is 2.72. The van der Waals surface area contributed by atoms with Crippen molar-refractivity contribution in [2.24, 2.45) is 5.92 Å². The second-order valence-corrected chi connectivity index (χ2v) is 5.96. The van der Waals surface area contributed by atoms with Crippen molar-refractivity contribution in [3.63, 3.8) is 0 Å². The van der Waals surface area contributed by atoms with E-state index in [-0.39, 0.29) is 35.7 Å². The van der Waals surface area contributed by atoms with E-state index in [0.29, 0.717) is 6.61 Å². The molecular formula is C17H21NO3. The molecule has 0 spiro atoms. The minimum absolute atomic E-state index is 0.0863. The number of benzene rings is 1. The summed E-state index contributed by atoms with van der Waals surface area (Å²) in [5.41, 5.74) is 1.06. The van der Waals surface area contributed by atoms with E-state index < -0.39 is 0 Å². The van der Waals surface area contributed by atoms with E-state index in [1.165, 1.54) is 0 Å². The van der Waals surface area contributed by atoms with Crippen molar-refractivity contribution in [3.05, 3.63) is 35.9 Å². The zero-order valence-electron chi connectivity index (χ0n) is 12.5. The standard InChI is InChI=1S/C17H21NO3/c1-3-21-17(20)14-10-12-9-13(11-7-5-4-6-8-11)16(19)15(14)18(12)2/h4-8,12-15H,3,9-10H2,1-2H3/t12-,13?,14+,15-/m1/s1. The van der Waals surface area contributed by atoms with Gasteiger partial charge in [-0.2, -0.15) is 0 Å². The lowest BCUT2D eigenvalue weighted by atomic mass is 9.83. The Morgan fingerprint density at radius 3 is 2.67 bits per heavy atom. The number of ketones is 1. The first kappa shape index (κ1) is 14.3. The molecule has 1 aromatic carbocycles. The van der Waals surface area contributed by atoms with Crippen molar-refractivity contribution in [2.45, 2.75) is 37.8 Å². The van der Waals surface area contributed by atoms with Crippen LogP contribution in [0.15, 0.2) is 30.3 Å². The van der Waals surface area contributed by atoms with Gasteiger partial charge in [-0.25, -0.2) is 0 Å². The maximum Gasteiger partial charge on any atom is 0.311 e. The molecule has 2 aliphatic heterocycles. The molecule has 4 nitrogen and oxygen atoms in total. The van der Waals surface area contributed by atoms with E-state index in [1.54, 1.807) is 6.92 Å². The fourth-order valence-corrected chi connectivity index (χ4v) is 3.82. The van der Waals surface area contributed by atoms with Crippen molar-refractivity contribution in [2.75, 3.05) is 13.7 Å². The van der Waals surface area contributed by atoms with Gasteiger partial charge in [-0.1, -0.05) is 30.3 Å². The minimum atomic E-state index is -0.326. The van der Waals surface area contributed by atoms with Crippen LogP contribution in [0.3, 0.4) is 0 Å². The number of fused-ring (bicyclic) bond motifs is 2. The Bertz CT molecular complexity index is 542. The molecule has 2 bridgehead atoms. The van der Waals surface area contributed by atoms with Crippen LogP contribution in [0, 0.1) is 5.92 Å². The van der Waals surface area contributed by atoms with E-state index in [4.69, 9.17) is 4.74 Å². The van der Waals surface area contributed by atoms with Crippen LogP contribution in [0.4, 0.5) is 0 Å². The van der Waals surface area contributed by atoms with Crippen LogP contribution in [0.5, 0.6) is 0 Å². The number of nitrogens with zero attached hydrogens (tertiary/aromatic N) is 1. The van der Waals surface area contributed by atoms with Crippen molar-refractivity contribution >= 4 is 11.8 Å². The molecule has 112 valence electrons. The van der Waals surface area contributed by atoms with Gasteiger partial charge in [0.2, 0.25) is 0 Å². The number of likely N-dealkylation sites (N-methyl/N-ethyl adjacent to an activating group) is 1. The van der Waals surface area contributed by atoms with Crippen molar-refractivity contribution in [1.29, 1.82) is 0 Å². The lowest BCUT2D eigenvalue weighted by Crippen LogP contribution is -2.49. The molecule has 21 heavy (non-hydrogen) atoms. The molecule has 2 saturated heterocycles. The number of ether oxygens (including phenoxy) is 1. The number of piperidine rings is 1.